The Bertz CT molecular complexity index is 1180. The molecule has 0 fully saturated rings. The molecular weight excluding hydrogens is 436 g/mol. The number of nitrogens with one attached hydrogen (secondary N) is 3. The molecule has 0 spiro atoms. The van der Waals surface area contributed by atoms with Gasteiger partial charge in [0.2, 0.25) is 0 Å². The molecule has 0 saturated heterocycles. The SMILES string of the molecule is CCOC(=O)c1c2c(nn1CCNC(=O)OC(C)(C)C)-c1c(Nc3ccccc3)n[nH]c1CC2. The normalized spacial score (nSPS) is 12.5. The van der Waals surface area contributed by atoms with E-state index in [2.05, 4.69) is 20.8 Å². The predicted octanol–water partition coefficient (Wildman–Crippen LogP) is 3.82. The van der Waals surface area contributed by atoms with Crippen LogP contribution in [0.15, 0.2) is 30.3 Å². The zero-order valence-corrected chi connectivity index (χ0v) is 19.9. The lowest BCUT2D eigenvalue weighted by Gasteiger charge is -2.19. The Morgan fingerprint density at radius 1 is 1.18 bits per heavy atom. The zero-order chi connectivity index (χ0) is 24.3. The number of benzene rings is 1. The summed E-state index contributed by atoms with van der Waals surface area (Å²) in [5.74, 6) is 0.215. The number of nitrogens with zero attached hydrogens (tertiary/aromatic N) is 3. The van der Waals surface area contributed by atoms with Crippen LogP contribution >= 0.6 is 0 Å². The Hall–Kier alpha value is -3.82. The number of rotatable bonds is 7. The van der Waals surface area contributed by atoms with E-state index in [1.165, 1.54) is 0 Å². The Kier molecular flexibility index (Phi) is 6.58. The number of hydrogen-bond acceptors (Lipinski definition) is 7. The second-order valence-corrected chi connectivity index (χ2v) is 8.96. The maximum Gasteiger partial charge on any atom is 0.407 e. The molecule has 1 aromatic carbocycles. The smallest absolute Gasteiger partial charge is 0.407 e. The average Bonchev–Trinajstić information content (AvgIpc) is 3.34. The minimum absolute atomic E-state index is 0.245. The third-order valence-corrected chi connectivity index (χ3v) is 5.25. The molecule has 0 aliphatic heterocycles. The topological polar surface area (TPSA) is 123 Å². The molecule has 10 nitrogen and oxygen atoms in total. The molecule has 10 heteroatoms. The summed E-state index contributed by atoms with van der Waals surface area (Å²) < 4.78 is 12.2. The monoisotopic (exact) mass is 466 g/mol. The van der Waals surface area contributed by atoms with Crippen LogP contribution in [0.1, 0.15) is 49.4 Å². The van der Waals surface area contributed by atoms with Crippen LogP contribution in [0, 0.1) is 0 Å². The van der Waals surface area contributed by atoms with Crippen molar-refractivity contribution in [2.75, 3.05) is 18.5 Å². The van der Waals surface area contributed by atoms with Crippen LogP contribution in [0.2, 0.25) is 0 Å². The van der Waals surface area contributed by atoms with Crippen molar-refractivity contribution in [3.05, 3.63) is 47.3 Å². The number of ether oxygens (including phenoxy) is 2. The van der Waals surface area contributed by atoms with Gasteiger partial charge in [-0.2, -0.15) is 10.2 Å². The fraction of sp³-hybridized carbons (Fsp3) is 0.417. The van der Waals surface area contributed by atoms with Crippen molar-refractivity contribution in [1.29, 1.82) is 0 Å². The summed E-state index contributed by atoms with van der Waals surface area (Å²) in [6.45, 7) is 7.96. The molecule has 0 bridgehead atoms. The fourth-order valence-electron chi connectivity index (χ4n) is 3.92. The molecular formula is C24H30N6O4. The van der Waals surface area contributed by atoms with E-state index in [9.17, 15) is 9.59 Å². The minimum atomic E-state index is -0.592. The molecule has 2 heterocycles. The molecule has 0 saturated carbocycles. The van der Waals surface area contributed by atoms with Gasteiger partial charge in [0.05, 0.1) is 18.7 Å². The lowest BCUT2D eigenvalue weighted by atomic mass is 9.93. The average molecular weight is 467 g/mol. The van der Waals surface area contributed by atoms with Gasteiger partial charge in [-0.3, -0.25) is 9.78 Å². The summed E-state index contributed by atoms with van der Waals surface area (Å²) in [7, 11) is 0. The van der Waals surface area contributed by atoms with Crippen LogP contribution in [0.25, 0.3) is 11.3 Å². The fourth-order valence-corrected chi connectivity index (χ4v) is 3.92. The molecule has 4 rings (SSSR count). The van der Waals surface area contributed by atoms with Gasteiger partial charge in [0, 0.05) is 23.5 Å². The Morgan fingerprint density at radius 2 is 1.94 bits per heavy atom. The van der Waals surface area contributed by atoms with Crippen LogP contribution in [0.3, 0.4) is 0 Å². The Balaban J connectivity index is 1.63. The van der Waals surface area contributed by atoms with E-state index in [1.54, 1.807) is 32.4 Å². The van der Waals surface area contributed by atoms with E-state index in [4.69, 9.17) is 14.6 Å². The van der Waals surface area contributed by atoms with Crippen molar-refractivity contribution in [2.45, 2.75) is 52.7 Å². The number of alkyl carbamates (subject to hydrolysis) is 1. The number of aromatic amines is 1. The number of aromatic nitrogens is 4. The third-order valence-electron chi connectivity index (χ3n) is 5.25. The summed E-state index contributed by atoms with van der Waals surface area (Å²) in [6.07, 6.45) is 0.803. The quantitative estimate of drug-likeness (QED) is 0.452. The first-order valence-electron chi connectivity index (χ1n) is 11.4. The van der Waals surface area contributed by atoms with Gasteiger partial charge < -0.3 is 20.1 Å². The van der Waals surface area contributed by atoms with Gasteiger partial charge in [-0.1, -0.05) is 18.2 Å². The van der Waals surface area contributed by atoms with Gasteiger partial charge in [0.15, 0.2) is 5.82 Å². The van der Waals surface area contributed by atoms with Crippen molar-refractivity contribution in [3.8, 4) is 11.3 Å². The van der Waals surface area contributed by atoms with Crippen LogP contribution in [0.4, 0.5) is 16.3 Å². The number of amides is 1. The van der Waals surface area contributed by atoms with Gasteiger partial charge in [0.25, 0.3) is 0 Å². The van der Waals surface area contributed by atoms with Crippen molar-refractivity contribution in [2.24, 2.45) is 0 Å². The number of esters is 1. The number of para-hydroxylation sites is 1. The van der Waals surface area contributed by atoms with Gasteiger partial charge in [-0.15, -0.1) is 0 Å². The maximum atomic E-state index is 12.9. The van der Waals surface area contributed by atoms with Gasteiger partial charge in [-0.05, 0) is 52.7 Å². The largest absolute Gasteiger partial charge is 0.461 e. The number of anilines is 2. The molecule has 1 aliphatic rings. The van der Waals surface area contributed by atoms with E-state index in [1.807, 2.05) is 30.3 Å². The Labute approximate surface area is 198 Å². The molecule has 2 aromatic heterocycles. The van der Waals surface area contributed by atoms with E-state index in [0.717, 1.165) is 22.5 Å². The van der Waals surface area contributed by atoms with Crippen LogP contribution in [-0.2, 0) is 28.9 Å². The number of fused-ring (bicyclic) bond motifs is 3. The molecule has 180 valence electrons. The maximum absolute atomic E-state index is 12.9. The second kappa shape index (κ2) is 9.58. The highest BCUT2D eigenvalue weighted by Gasteiger charge is 2.32. The standard InChI is InChI=1S/C24H30N6O4/c1-5-33-22(31)20-16-11-12-17-18(21(28-27-17)26-15-9-7-6-8-10-15)19(16)29-30(20)14-13-25-23(32)34-24(2,3)4/h6-10H,5,11-14H2,1-4H3,(H,25,32)(H2,26,27,28). The first kappa shape index (κ1) is 23.3. The Morgan fingerprint density at radius 3 is 2.65 bits per heavy atom. The molecule has 0 radical (unpaired) electrons. The van der Waals surface area contributed by atoms with Gasteiger partial charge in [-0.25, -0.2) is 9.59 Å². The molecule has 0 atom stereocenters. The summed E-state index contributed by atoms with van der Waals surface area (Å²) in [4.78, 5) is 24.9. The number of aryl methyl sites for hydroxylation is 1. The van der Waals surface area contributed by atoms with E-state index in [-0.39, 0.29) is 19.7 Å². The van der Waals surface area contributed by atoms with Crippen LogP contribution in [-0.4, -0.2) is 50.8 Å². The number of H-pyrrole nitrogens is 1. The van der Waals surface area contributed by atoms with E-state index < -0.39 is 17.7 Å². The first-order valence-corrected chi connectivity index (χ1v) is 11.4. The highest BCUT2D eigenvalue weighted by Crippen LogP contribution is 2.39. The highest BCUT2D eigenvalue weighted by atomic mass is 16.6. The van der Waals surface area contributed by atoms with Crippen molar-refractivity contribution >= 4 is 23.6 Å². The zero-order valence-electron chi connectivity index (χ0n) is 19.9. The lowest BCUT2D eigenvalue weighted by Crippen LogP contribution is -2.34. The van der Waals surface area contributed by atoms with Gasteiger partial charge in [0.1, 0.15) is 17.0 Å². The summed E-state index contributed by atoms with van der Waals surface area (Å²) >= 11 is 0. The summed E-state index contributed by atoms with van der Waals surface area (Å²) in [5, 5.41) is 18.4. The highest BCUT2D eigenvalue weighted by molar-refractivity contribution is 5.93. The van der Waals surface area contributed by atoms with Gasteiger partial charge >= 0.3 is 12.1 Å². The van der Waals surface area contributed by atoms with E-state index in [0.29, 0.717) is 30.0 Å². The van der Waals surface area contributed by atoms with Crippen LogP contribution < -0.4 is 10.6 Å². The van der Waals surface area contributed by atoms with Crippen LogP contribution in [0.5, 0.6) is 0 Å². The number of carbonyl (C=O) groups is 2. The molecule has 3 N–H and O–H groups in total. The summed E-state index contributed by atoms with van der Waals surface area (Å²) in [5.41, 5.74) is 4.02. The van der Waals surface area contributed by atoms with E-state index >= 15 is 0 Å². The third kappa shape index (κ3) is 5.05. The lowest BCUT2D eigenvalue weighted by molar-refractivity contribution is 0.0510. The number of hydrogen-bond donors (Lipinski definition) is 3. The minimum Gasteiger partial charge on any atom is -0.461 e. The molecule has 34 heavy (non-hydrogen) atoms. The molecule has 1 amide bonds. The molecule has 1 aliphatic carbocycles. The van der Waals surface area contributed by atoms with Crippen molar-refractivity contribution < 1.29 is 19.1 Å². The second-order valence-electron chi connectivity index (χ2n) is 8.96. The predicted molar refractivity (Wildman–Crippen MR) is 127 cm³/mol. The van der Waals surface area contributed by atoms with Crippen molar-refractivity contribution in [1.82, 2.24) is 25.3 Å². The number of carbonyl (C=O) groups excluding carboxylic acids is 2. The molecule has 3 aromatic rings. The first-order chi connectivity index (χ1) is 16.3. The molecule has 0 unspecified atom stereocenters. The van der Waals surface area contributed by atoms with Crippen molar-refractivity contribution in [3.63, 3.8) is 0 Å². The summed E-state index contributed by atoms with van der Waals surface area (Å²) in [6, 6.07) is 9.74.